The fourth-order valence-electron chi connectivity index (χ4n) is 2.91. The minimum Gasteiger partial charge on any atom is -0.316 e. The molecule has 0 aromatic heterocycles. The molecule has 1 N–H and O–H groups in total. The van der Waals surface area contributed by atoms with Gasteiger partial charge in [-0.3, -0.25) is 4.79 Å². The zero-order valence-corrected chi connectivity index (χ0v) is 11.8. The molecule has 1 saturated heterocycles. The van der Waals surface area contributed by atoms with Crippen LogP contribution in [0.2, 0.25) is 0 Å². The first kappa shape index (κ1) is 13.1. The van der Waals surface area contributed by atoms with Gasteiger partial charge in [0.1, 0.15) is 0 Å². The number of hydrogen-bond acceptors (Lipinski definition) is 2. The molecule has 0 bridgehead atoms. The highest BCUT2D eigenvalue weighted by molar-refractivity contribution is 6.03. The summed E-state index contributed by atoms with van der Waals surface area (Å²) < 4.78 is 0. The minimum absolute atomic E-state index is 0.204. The van der Waals surface area contributed by atoms with Crippen molar-refractivity contribution < 1.29 is 4.79 Å². The SMILES string of the molecule is CN(C(=O)CC1CCNC1)c1cccc2ccccc12. The molecule has 2 aromatic carbocycles. The Balaban J connectivity index is 1.84. The number of benzene rings is 2. The third-order valence-corrected chi connectivity index (χ3v) is 4.13. The van der Waals surface area contributed by atoms with Crippen LogP contribution in [0.4, 0.5) is 5.69 Å². The molecule has 104 valence electrons. The van der Waals surface area contributed by atoms with Gasteiger partial charge in [-0.1, -0.05) is 36.4 Å². The summed E-state index contributed by atoms with van der Waals surface area (Å²) in [4.78, 5) is 14.2. The molecule has 0 aliphatic carbocycles. The second-order valence-corrected chi connectivity index (χ2v) is 5.51. The van der Waals surface area contributed by atoms with Crippen LogP contribution in [0, 0.1) is 5.92 Å². The second-order valence-electron chi connectivity index (χ2n) is 5.51. The topological polar surface area (TPSA) is 32.3 Å². The van der Waals surface area contributed by atoms with Gasteiger partial charge in [0.05, 0.1) is 5.69 Å². The maximum absolute atomic E-state index is 12.4. The highest BCUT2D eigenvalue weighted by atomic mass is 16.2. The molecule has 0 radical (unpaired) electrons. The molecule has 0 spiro atoms. The van der Waals surface area contributed by atoms with Crippen molar-refractivity contribution in [3.8, 4) is 0 Å². The van der Waals surface area contributed by atoms with E-state index in [9.17, 15) is 4.79 Å². The third kappa shape index (κ3) is 2.54. The number of carbonyl (C=O) groups is 1. The fourth-order valence-corrected chi connectivity index (χ4v) is 2.91. The van der Waals surface area contributed by atoms with Crippen molar-refractivity contribution in [2.75, 3.05) is 25.0 Å². The van der Waals surface area contributed by atoms with Crippen LogP contribution in [-0.4, -0.2) is 26.0 Å². The van der Waals surface area contributed by atoms with Crippen LogP contribution in [0.15, 0.2) is 42.5 Å². The average Bonchev–Trinajstić information content (AvgIpc) is 2.99. The summed E-state index contributed by atoms with van der Waals surface area (Å²) in [5.74, 6) is 0.690. The summed E-state index contributed by atoms with van der Waals surface area (Å²) in [6, 6.07) is 14.3. The van der Waals surface area contributed by atoms with Crippen LogP contribution in [0.25, 0.3) is 10.8 Å². The van der Waals surface area contributed by atoms with Crippen molar-refractivity contribution in [2.24, 2.45) is 5.92 Å². The number of carbonyl (C=O) groups excluding carboxylic acids is 1. The van der Waals surface area contributed by atoms with Crippen molar-refractivity contribution in [1.29, 1.82) is 0 Å². The van der Waals surface area contributed by atoms with Crippen molar-refractivity contribution in [3.05, 3.63) is 42.5 Å². The average molecular weight is 268 g/mol. The lowest BCUT2D eigenvalue weighted by atomic mass is 10.0. The summed E-state index contributed by atoms with van der Waals surface area (Å²) in [6.07, 6.45) is 1.74. The Morgan fingerprint density at radius 3 is 2.85 bits per heavy atom. The maximum Gasteiger partial charge on any atom is 0.227 e. The largest absolute Gasteiger partial charge is 0.316 e. The molecule has 1 aliphatic heterocycles. The summed E-state index contributed by atoms with van der Waals surface area (Å²) in [7, 11) is 1.88. The summed E-state index contributed by atoms with van der Waals surface area (Å²) in [5, 5.41) is 5.62. The molecule has 1 fully saturated rings. The number of anilines is 1. The van der Waals surface area contributed by atoms with Crippen molar-refractivity contribution in [1.82, 2.24) is 5.32 Å². The van der Waals surface area contributed by atoms with Gasteiger partial charge in [-0.2, -0.15) is 0 Å². The number of hydrogen-bond donors (Lipinski definition) is 1. The number of nitrogens with zero attached hydrogens (tertiary/aromatic N) is 1. The first-order valence-corrected chi connectivity index (χ1v) is 7.21. The van der Waals surface area contributed by atoms with E-state index in [0.717, 1.165) is 30.6 Å². The number of amides is 1. The van der Waals surface area contributed by atoms with Gasteiger partial charge in [0.15, 0.2) is 0 Å². The van der Waals surface area contributed by atoms with E-state index in [1.165, 1.54) is 5.39 Å². The Bertz CT molecular complexity index is 612. The summed E-state index contributed by atoms with van der Waals surface area (Å²) in [6.45, 7) is 2.01. The monoisotopic (exact) mass is 268 g/mol. The molecule has 3 rings (SSSR count). The van der Waals surface area contributed by atoms with E-state index < -0.39 is 0 Å². The lowest BCUT2D eigenvalue weighted by Crippen LogP contribution is -2.28. The van der Waals surface area contributed by atoms with Crippen LogP contribution in [-0.2, 0) is 4.79 Å². The van der Waals surface area contributed by atoms with Crippen molar-refractivity contribution in [2.45, 2.75) is 12.8 Å². The van der Waals surface area contributed by atoms with E-state index in [4.69, 9.17) is 0 Å². The van der Waals surface area contributed by atoms with Gasteiger partial charge in [-0.05, 0) is 36.9 Å². The van der Waals surface area contributed by atoms with Crippen LogP contribution in [0.1, 0.15) is 12.8 Å². The summed E-state index contributed by atoms with van der Waals surface area (Å²) >= 11 is 0. The predicted octanol–water partition coefficient (Wildman–Crippen LogP) is 2.80. The molecule has 3 nitrogen and oxygen atoms in total. The molecule has 1 amide bonds. The van der Waals surface area contributed by atoms with Gasteiger partial charge in [-0.25, -0.2) is 0 Å². The van der Waals surface area contributed by atoms with Crippen LogP contribution < -0.4 is 10.2 Å². The Labute approximate surface area is 119 Å². The molecule has 3 heteroatoms. The van der Waals surface area contributed by atoms with E-state index >= 15 is 0 Å². The van der Waals surface area contributed by atoms with Gasteiger partial charge >= 0.3 is 0 Å². The smallest absolute Gasteiger partial charge is 0.227 e. The third-order valence-electron chi connectivity index (χ3n) is 4.13. The Hall–Kier alpha value is -1.87. The highest BCUT2D eigenvalue weighted by Gasteiger charge is 2.21. The molecule has 1 atom stereocenters. The second kappa shape index (κ2) is 5.63. The van der Waals surface area contributed by atoms with Gasteiger partial charge in [0, 0.05) is 18.9 Å². The molecular formula is C17H20N2O. The van der Waals surface area contributed by atoms with Gasteiger partial charge in [0.25, 0.3) is 0 Å². The molecule has 1 unspecified atom stereocenters. The van der Waals surface area contributed by atoms with Gasteiger partial charge in [0.2, 0.25) is 5.91 Å². The standard InChI is InChI=1S/C17H20N2O/c1-19(17(20)11-13-9-10-18-12-13)16-8-4-6-14-5-2-3-7-15(14)16/h2-8,13,18H,9-12H2,1H3. The minimum atomic E-state index is 0.204. The highest BCUT2D eigenvalue weighted by Crippen LogP contribution is 2.27. The lowest BCUT2D eigenvalue weighted by molar-refractivity contribution is -0.119. The van der Waals surface area contributed by atoms with Crippen LogP contribution in [0.5, 0.6) is 0 Å². The molecule has 20 heavy (non-hydrogen) atoms. The van der Waals surface area contributed by atoms with Gasteiger partial charge in [-0.15, -0.1) is 0 Å². The molecule has 1 heterocycles. The van der Waals surface area contributed by atoms with Crippen molar-refractivity contribution >= 4 is 22.4 Å². The maximum atomic E-state index is 12.4. The Morgan fingerprint density at radius 1 is 1.25 bits per heavy atom. The Morgan fingerprint density at radius 2 is 2.05 bits per heavy atom. The molecule has 2 aromatic rings. The van der Waals surface area contributed by atoms with E-state index in [1.807, 2.05) is 31.3 Å². The van der Waals surface area contributed by atoms with E-state index in [1.54, 1.807) is 4.90 Å². The fraction of sp³-hybridized carbons (Fsp3) is 0.353. The molecule has 0 saturated carbocycles. The van der Waals surface area contributed by atoms with E-state index in [-0.39, 0.29) is 5.91 Å². The predicted molar refractivity (Wildman–Crippen MR) is 83.0 cm³/mol. The Kier molecular flexibility index (Phi) is 3.70. The van der Waals surface area contributed by atoms with Gasteiger partial charge < -0.3 is 10.2 Å². The van der Waals surface area contributed by atoms with Crippen LogP contribution in [0.3, 0.4) is 0 Å². The zero-order chi connectivity index (χ0) is 13.9. The normalized spacial score (nSPS) is 18.4. The number of fused-ring (bicyclic) bond motifs is 1. The lowest BCUT2D eigenvalue weighted by Gasteiger charge is -2.21. The first-order valence-electron chi connectivity index (χ1n) is 7.21. The first-order chi connectivity index (χ1) is 9.75. The van der Waals surface area contributed by atoms with E-state index in [0.29, 0.717) is 12.3 Å². The number of rotatable bonds is 3. The summed E-state index contributed by atoms with van der Waals surface area (Å²) in [5.41, 5.74) is 0.999. The number of nitrogens with one attached hydrogen (secondary N) is 1. The molecular weight excluding hydrogens is 248 g/mol. The molecule has 1 aliphatic rings. The van der Waals surface area contributed by atoms with E-state index in [2.05, 4.69) is 23.5 Å². The van der Waals surface area contributed by atoms with Crippen molar-refractivity contribution in [3.63, 3.8) is 0 Å². The zero-order valence-electron chi connectivity index (χ0n) is 11.8. The quantitative estimate of drug-likeness (QED) is 0.928. The van der Waals surface area contributed by atoms with Crippen LogP contribution >= 0.6 is 0 Å².